The Bertz CT molecular complexity index is 1410. The monoisotopic (exact) mass is 568 g/mol. The summed E-state index contributed by atoms with van der Waals surface area (Å²) in [5.41, 5.74) is 0.727. The number of carbonyl (C=O) groups is 3. The van der Waals surface area contributed by atoms with Gasteiger partial charge < -0.3 is 4.74 Å². The number of urea groups is 1. The molecule has 11 heteroatoms. The minimum atomic E-state index is -0.905. The molecule has 3 aromatic carbocycles. The maximum absolute atomic E-state index is 13.2. The van der Waals surface area contributed by atoms with Gasteiger partial charge in [-0.2, -0.15) is 0 Å². The number of nitrogens with one attached hydrogen (secondary N) is 1. The third kappa shape index (κ3) is 5.58. The summed E-state index contributed by atoms with van der Waals surface area (Å²) < 4.78 is 5.89. The number of hydrogen-bond donors (Lipinski definition) is 1. The maximum atomic E-state index is 13.2. The molecule has 0 atom stereocenters. The topological polar surface area (TPSA) is 75.7 Å². The summed E-state index contributed by atoms with van der Waals surface area (Å²) in [5.74, 6) is -1.59. The Balaban J connectivity index is 1.72. The summed E-state index contributed by atoms with van der Waals surface area (Å²) in [4.78, 5) is 39.0. The lowest BCUT2D eigenvalue weighted by Gasteiger charge is -2.26. The Hall–Kier alpha value is -2.74. The van der Waals surface area contributed by atoms with Crippen LogP contribution < -0.4 is 15.0 Å². The molecule has 178 valence electrons. The minimum Gasteiger partial charge on any atom is -0.487 e. The van der Waals surface area contributed by atoms with Gasteiger partial charge in [0.2, 0.25) is 0 Å². The van der Waals surface area contributed by atoms with Crippen molar-refractivity contribution in [1.29, 1.82) is 0 Å². The summed E-state index contributed by atoms with van der Waals surface area (Å²) in [6.07, 6.45) is 1.25. The molecule has 0 radical (unpaired) electrons. The molecule has 35 heavy (non-hydrogen) atoms. The molecular weight excluding hydrogens is 558 g/mol. The van der Waals surface area contributed by atoms with Crippen molar-refractivity contribution >= 4 is 87.6 Å². The van der Waals surface area contributed by atoms with Crippen LogP contribution in [0, 0.1) is 0 Å². The fourth-order valence-corrected chi connectivity index (χ4v) is 4.50. The third-order valence-corrected chi connectivity index (χ3v) is 6.21. The second-order valence-electron chi connectivity index (χ2n) is 7.27. The average Bonchev–Trinajstić information content (AvgIpc) is 2.77. The Kier molecular flexibility index (Phi) is 7.59. The van der Waals surface area contributed by atoms with Crippen molar-refractivity contribution in [2.24, 2.45) is 0 Å². The molecule has 0 spiro atoms. The van der Waals surface area contributed by atoms with Gasteiger partial charge in [-0.1, -0.05) is 70.1 Å². The van der Waals surface area contributed by atoms with Crippen molar-refractivity contribution in [2.75, 3.05) is 4.90 Å². The van der Waals surface area contributed by atoms with Crippen molar-refractivity contribution in [3.05, 3.63) is 96.4 Å². The quantitative estimate of drug-likeness (QED) is 0.260. The van der Waals surface area contributed by atoms with Gasteiger partial charge in [-0.25, -0.2) is 9.69 Å². The number of ether oxygens (including phenoxy) is 1. The maximum Gasteiger partial charge on any atom is 0.335 e. The highest BCUT2D eigenvalue weighted by atomic mass is 35.5. The molecule has 6 nitrogen and oxygen atoms in total. The number of barbiturate groups is 1. The van der Waals surface area contributed by atoms with E-state index in [4.69, 9.17) is 62.7 Å². The van der Waals surface area contributed by atoms with Crippen LogP contribution in [0.1, 0.15) is 11.1 Å². The van der Waals surface area contributed by atoms with Gasteiger partial charge in [0.15, 0.2) is 0 Å². The summed E-state index contributed by atoms with van der Waals surface area (Å²) in [5, 5.41) is 3.69. The van der Waals surface area contributed by atoms with Gasteiger partial charge in [0.25, 0.3) is 11.8 Å². The lowest BCUT2D eigenvalue weighted by Crippen LogP contribution is -2.54. The van der Waals surface area contributed by atoms with E-state index >= 15 is 0 Å². The van der Waals surface area contributed by atoms with Gasteiger partial charge in [0.05, 0.1) is 10.7 Å². The molecule has 0 saturated carbocycles. The van der Waals surface area contributed by atoms with Gasteiger partial charge in [0.1, 0.15) is 17.9 Å². The number of nitrogens with zero attached hydrogens (tertiary/aromatic N) is 1. The Morgan fingerprint density at radius 1 is 0.829 bits per heavy atom. The largest absolute Gasteiger partial charge is 0.487 e. The zero-order valence-electron chi connectivity index (χ0n) is 17.5. The van der Waals surface area contributed by atoms with Crippen molar-refractivity contribution in [3.8, 4) is 5.75 Å². The first-order valence-corrected chi connectivity index (χ1v) is 11.8. The highest BCUT2D eigenvalue weighted by Crippen LogP contribution is 2.36. The molecule has 4 rings (SSSR count). The van der Waals surface area contributed by atoms with Crippen LogP contribution in [0.5, 0.6) is 5.75 Å². The van der Waals surface area contributed by atoms with E-state index in [1.54, 1.807) is 30.3 Å². The van der Waals surface area contributed by atoms with E-state index in [2.05, 4.69) is 5.32 Å². The van der Waals surface area contributed by atoms with Gasteiger partial charge in [-0.15, -0.1) is 0 Å². The van der Waals surface area contributed by atoms with E-state index in [-0.39, 0.29) is 39.2 Å². The van der Waals surface area contributed by atoms with Crippen LogP contribution >= 0.6 is 58.0 Å². The molecule has 3 aromatic rings. The van der Waals surface area contributed by atoms with Crippen LogP contribution in [0.4, 0.5) is 10.5 Å². The van der Waals surface area contributed by atoms with Crippen molar-refractivity contribution < 1.29 is 19.1 Å². The normalized spacial score (nSPS) is 14.9. The van der Waals surface area contributed by atoms with E-state index in [0.29, 0.717) is 20.6 Å². The van der Waals surface area contributed by atoms with Crippen LogP contribution in [-0.4, -0.2) is 17.8 Å². The summed E-state index contributed by atoms with van der Waals surface area (Å²) in [7, 11) is 0. The first kappa shape index (κ1) is 25.4. The predicted octanol–water partition coefficient (Wildman–Crippen LogP) is 7.20. The number of amides is 4. The predicted molar refractivity (Wildman–Crippen MR) is 138 cm³/mol. The lowest BCUT2D eigenvalue weighted by molar-refractivity contribution is -0.122. The number of benzene rings is 3. The second-order valence-corrected chi connectivity index (χ2v) is 9.39. The van der Waals surface area contributed by atoms with E-state index in [9.17, 15) is 14.4 Å². The average molecular weight is 571 g/mol. The Morgan fingerprint density at radius 3 is 2.26 bits per heavy atom. The minimum absolute atomic E-state index is 0.0147. The molecule has 1 aliphatic rings. The number of rotatable bonds is 5. The molecule has 1 saturated heterocycles. The third-order valence-electron chi connectivity index (χ3n) is 4.89. The standard InChI is InChI=1S/C24H13Cl5N2O4/c25-14-2-1-3-17(8-14)31-23(33)18(22(32)30-24(31)34)7-13-6-16(27)10-20(29)21(13)35-11-12-4-5-15(26)9-19(12)28/h1-10H,11H2,(H,30,32,34)/b18-7+. The van der Waals surface area contributed by atoms with Crippen LogP contribution in [0.2, 0.25) is 25.1 Å². The molecular formula is C24H13Cl5N2O4. The first-order chi connectivity index (χ1) is 16.6. The highest BCUT2D eigenvalue weighted by molar-refractivity contribution is 6.40. The molecule has 0 bridgehead atoms. The molecule has 1 aliphatic heterocycles. The van der Waals surface area contributed by atoms with Gasteiger partial charge in [-0.3, -0.25) is 14.9 Å². The van der Waals surface area contributed by atoms with E-state index < -0.39 is 17.8 Å². The summed E-state index contributed by atoms with van der Waals surface area (Å²) in [6.45, 7) is 0.0147. The van der Waals surface area contributed by atoms with E-state index in [0.717, 1.165) is 4.90 Å². The number of imide groups is 2. The van der Waals surface area contributed by atoms with Crippen LogP contribution in [0.15, 0.2) is 60.2 Å². The molecule has 1 fully saturated rings. The Labute approximate surface area is 224 Å². The molecule has 4 amide bonds. The highest BCUT2D eigenvalue weighted by Gasteiger charge is 2.37. The molecule has 1 N–H and O–H groups in total. The SMILES string of the molecule is O=C1NC(=O)N(c2cccc(Cl)c2)C(=O)/C1=C/c1cc(Cl)cc(Cl)c1OCc1ccc(Cl)cc1Cl. The van der Waals surface area contributed by atoms with Gasteiger partial charge in [-0.05, 0) is 48.5 Å². The molecule has 0 aliphatic carbocycles. The Morgan fingerprint density at radius 2 is 1.54 bits per heavy atom. The fraction of sp³-hybridized carbons (Fsp3) is 0.0417. The van der Waals surface area contributed by atoms with E-state index in [1.165, 1.54) is 30.3 Å². The number of hydrogen-bond acceptors (Lipinski definition) is 4. The van der Waals surface area contributed by atoms with Crippen LogP contribution in [-0.2, 0) is 16.2 Å². The number of anilines is 1. The molecule has 0 aromatic heterocycles. The summed E-state index contributed by atoms with van der Waals surface area (Å²) >= 11 is 30.7. The van der Waals surface area contributed by atoms with Crippen molar-refractivity contribution in [2.45, 2.75) is 6.61 Å². The van der Waals surface area contributed by atoms with Gasteiger partial charge in [0, 0.05) is 31.2 Å². The zero-order chi connectivity index (χ0) is 25.3. The van der Waals surface area contributed by atoms with Crippen molar-refractivity contribution in [3.63, 3.8) is 0 Å². The van der Waals surface area contributed by atoms with Gasteiger partial charge >= 0.3 is 6.03 Å². The molecule has 0 unspecified atom stereocenters. The molecule has 1 heterocycles. The fourth-order valence-electron chi connectivity index (χ4n) is 3.29. The van der Waals surface area contributed by atoms with Crippen LogP contribution in [0.25, 0.3) is 6.08 Å². The lowest BCUT2D eigenvalue weighted by atomic mass is 10.1. The van der Waals surface area contributed by atoms with E-state index in [1.807, 2.05) is 0 Å². The summed E-state index contributed by atoms with van der Waals surface area (Å²) in [6, 6.07) is 13.0. The number of carbonyl (C=O) groups excluding carboxylic acids is 3. The first-order valence-electron chi connectivity index (χ1n) is 9.87. The number of halogens is 5. The van der Waals surface area contributed by atoms with Crippen molar-refractivity contribution in [1.82, 2.24) is 5.32 Å². The second kappa shape index (κ2) is 10.5. The zero-order valence-corrected chi connectivity index (χ0v) is 21.2. The smallest absolute Gasteiger partial charge is 0.335 e. The van der Waals surface area contributed by atoms with Crippen LogP contribution in [0.3, 0.4) is 0 Å².